The van der Waals surface area contributed by atoms with Gasteiger partial charge >= 0.3 is 0 Å². The molecule has 1 aromatic heterocycles. The number of halogens is 3. The molecule has 1 N–H and O–H groups in total. The van der Waals surface area contributed by atoms with Gasteiger partial charge in [-0.2, -0.15) is 0 Å². The number of hydrogen-bond donors (Lipinski definition) is 1. The zero-order valence-electron chi connectivity index (χ0n) is 15.7. The molecule has 3 aromatic carbocycles. The number of imidazole rings is 1. The SMILES string of the molecule is CCOc1ccc(-n2c(NCc3ccc(Br)cc3)nc3ccc(Cl)cc32)cc1.Cl. The predicted octanol–water partition coefficient (Wildman–Crippen LogP) is 6.87. The Bertz CT molecular complexity index is 1100. The molecule has 7 heteroatoms. The third-order valence-corrected chi connectivity index (χ3v) is 5.15. The molecule has 0 atom stereocenters. The van der Waals surface area contributed by atoms with Crippen LogP contribution in [0.5, 0.6) is 5.75 Å². The third kappa shape index (κ3) is 4.86. The van der Waals surface area contributed by atoms with E-state index < -0.39 is 0 Å². The van der Waals surface area contributed by atoms with E-state index in [0.717, 1.165) is 32.9 Å². The Morgan fingerprint density at radius 3 is 2.45 bits per heavy atom. The van der Waals surface area contributed by atoms with Crippen molar-refractivity contribution in [3.05, 3.63) is 81.8 Å². The molecule has 29 heavy (non-hydrogen) atoms. The number of hydrogen-bond acceptors (Lipinski definition) is 3. The summed E-state index contributed by atoms with van der Waals surface area (Å²) in [5.41, 5.74) is 4.00. The van der Waals surface area contributed by atoms with Gasteiger partial charge in [-0.25, -0.2) is 4.98 Å². The summed E-state index contributed by atoms with van der Waals surface area (Å²) in [6.45, 7) is 3.29. The Morgan fingerprint density at radius 1 is 1.03 bits per heavy atom. The van der Waals surface area contributed by atoms with Crippen molar-refractivity contribution in [2.24, 2.45) is 0 Å². The van der Waals surface area contributed by atoms with Crippen LogP contribution in [0.1, 0.15) is 12.5 Å². The van der Waals surface area contributed by atoms with E-state index in [1.165, 1.54) is 5.56 Å². The van der Waals surface area contributed by atoms with E-state index in [9.17, 15) is 0 Å². The smallest absolute Gasteiger partial charge is 0.208 e. The molecule has 0 radical (unpaired) electrons. The number of nitrogens with zero attached hydrogens (tertiary/aromatic N) is 2. The molecule has 1 heterocycles. The van der Waals surface area contributed by atoms with E-state index in [1.54, 1.807) is 0 Å². The van der Waals surface area contributed by atoms with Crippen LogP contribution in [0.2, 0.25) is 5.02 Å². The van der Waals surface area contributed by atoms with Gasteiger partial charge in [-0.15, -0.1) is 12.4 Å². The van der Waals surface area contributed by atoms with Crippen LogP contribution in [0.15, 0.2) is 71.2 Å². The van der Waals surface area contributed by atoms with Crippen molar-refractivity contribution in [1.82, 2.24) is 9.55 Å². The number of benzene rings is 3. The highest BCUT2D eigenvalue weighted by Crippen LogP contribution is 2.28. The molecule has 0 amide bonds. The molecule has 0 fully saturated rings. The van der Waals surface area contributed by atoms with Crippen LogP contribution >= 0.6 is 39.9 Å². The van der Waals surface area contributed by atoms with Gasteiger partial charge in [-0.1, -0.05) is 39.7 Å². The standard InChI is InChI=1S/C22H19BrClN3O.ClH/c1-2-28-19-10-8-18(9-11-19)27-21-13-17(24)7-12-20(21)26-22(27)25-14-15-3-5-16(23)6-4-15;/h3-13H,2,14H2,1H3,(H,25,26);1H. The normalized spacial score (nSPS) is 10.6. The van der Waals surface area contributed by atoms with Crippen molar-refractivity contribution in [3.8, 4) is 11.4 Å². The Kier molecular flexibility index (Phi) is 7.06. The average Bonchev–Trinajstić information content (AvgIpc) is 3.06. The first kappa shape index (κ1) is 21.5. The number of fused-ring (bicyclic) bond motifs is 1. The van der Waals surface area contributed by atoms with E-state index >= 15 is 0 Å². The van der Waals surface area contributed by atoms with Crippen molar-refractivity contribution in [3.63, 3.8) is 0 Å². The number of aromatic nitrogens is 2. The topological polar surface area (TPSA) is 39.1 Å². The largest absolute Gasteiger partial charge is 0.494 e. The van der Waals surface area contributed by atoms with Crippen LogP contribution in [0, 0.1) is 0 Å². The minimum Gasteiger partial charge on any atom is -0.494 e. The van der Waals surface area contributed by atoms with Gasteiger partial charge in [-0.3, -0.25) is 4.57 Å². The molecule has 0 saturated heterocycles. The quantitative estimate of drug-likeness (QED) is 0.319. The van der Waals surface area contributed by atoms with Crippen molar-refractivity contribution >= 4 is 56.9 Å². The number of anilines is 1. The highest BCUT2D eigenvalue weighted by molar-refractivity contribution is 9.10. The van der Waals surface area contributed by atoms with E-state index in [1.807, 2.05) is 61.5 Å². The molecule has 4 aromatic rings. The molecule has 0 spiro atoms. The van der Waals surface area contributed by atoms with E-state index in [0.29, 0.717) is 18.2 Å². The van der Waals surface area contributed by atoms with Gasteiger partial charge < -0.3 is 10.1 Å². The Balaban J connectivity index is 0.00000240. The maximum absolute atomic E-state index is 6.26. The second-order valence-electron chi connectivity index (χ2n) is 6.31. The summed E-state index contributed by atoms with van der Waals surface area (Å²) in [4.78, 5) is 4.77. The predicted molar refractivity (Wildman–Crippen MR) is 126 cm³/mol. The summed E-state index contributed by atoms with van der Waals surface area (Å²) in [5.74, 6) is 1.61. The maximum atomic E-state index is 6.26. The second-order valence-corrected chi connectivity index (χ2v) is 7.66. The molecule has 0 unspecified atom stereocenters. The summed E-state index contributed by atoms with van der Waals surface area (Å²) in [6.07, 6.45) is 0. The number of nitrogens with one attached hydrogen (secondary N) is 1. The average molecular weight is 493 g/mol. The van der Waals surface area contributed by atoms with Crippen molar-refractivity contribution in [2.45, 2.75) is 13.5 Å². The molecule has 0 saturated carbocycles. The van der Waals surface area contributed by atoms with E-state index in [-0.39, 0.29) is 12.4 Å². The summed E-state index contributed by atoms with van der Waals surface area (Å²) >= 11 is 9.73. The molecular formula is C22H20BrCl2N3O. The summed E-state index contributed by atoms with van der Waals surface area (Å²) in [5, 5.41) is 4.14. The minimum atomic E-state index is 0. The van der Waals surface area contributed by atoms with Crippen molar-refractivity contribution < 1.29 is 4.74 Å². The number of rotatable bonds is 6. The Morgan fingerprint density at radius 2 is 1.76 bits per heavy atom. The van der Waals surface area contributed by atoms with Crippen LogP contribution in [0.4, 0.5) is 5.95 Å². The molecule has 0 aliphatic carbocycles. The lowest BCUT2D eigenvalue weighted by molar-refractivity contribution is 0.340. The van der Waals surface area contributed by atoms with Gasteiger partial charge in [0.15, 0.2) is 0 Å². The molecule has 150 valence electrons. The number of ether oxygens (including phenoxy) is 1. The molecule has 0 aliphatic rings. The molecule has 0 bridgehead atoms. The van der Waals surface area contributed by atoms with Gasteiger partial charge in [0, 0.05) is 21.7 Å². The summed E-state index contributed by atoms with van der Waals surface area (Å²) < 4.78 is 8.71. The summed E-state index contributed by atoms with van der Waals surface area (Å²) in [7, 11) is 0. The van der Waals surface area contributed by atoms with Crippen LogP contribution in [0.25, 0.3) is 16.7 Å². The van der Waals surface area contributed by atoms with Gasteiger partial charge in [0.1, 0.15) is 5.75 Å². The zero-order chi connectivity index (χ0) is 19.5. The van der Waals surface area contributed by atoms with E-state index in [2.05, 4.69) is 37.9 Å². The van der Waals surface area contributed by atoms with Crippen LogP contribution in [-0.4, -0.2) is 16.2 Å². The lowest BCUT2D eigenvalue weighted by Crippen LogP contribution is -2.06. The fourth-order valence-corrected chi connectivity index (χ4v) is 3.50. The fourth-order valence-electron chi connectivity index (χ4n) is 3.07. The minimum absolute atomic E-state index is 0. The first-order valence-electron chi connectivity index (χ1n) is 9.03. The van der Waals surface area contributed by atoms with Crippen molar-refractivity contribution in [2.75, 3.05) is 11.9 Å². The maximum Gasteiger partial charge on any atom is 0.208 e. The van der Waals surface area contributed by atoms with Crippen LogP contribution < -0.4 is 10.1 Å². The first-order valence-corrected chi connectivity index (χ1v) is 10.2. The van der Waals surface area contributed by atoms with Gasteiger partial charge in [0.2, 0.25) is 5.95 Å². The zero-order valence-corrected chi connectivity index (χ0v) is 18.9. The van der Waals surface area contributed by atoms with Crippen molar-refractivity contribution in [1.29, 1.82) is 0 Å². The second kappa shape index (κ2) is 9.53. The molecule has 4 rings (SSSR count). The van der Waals surface area contributed by atoms with Gasteiger partial charge in [-0.05, 0) is 67.1 Å². The highest BCUT2D eigenvalue weighted by atomic mass is 79.9. The van der Waals surface area contributed by atoms with Gasteiger partial charge in [0.05, 0.1) is 17.6 Å². The van der Waals surface area contributed by atoms with Crippen LogP contribution in [-0.2, 0) is 6.54 Å². The third-order valence-electron chi connectivity index (χ3n) is 4.39. The molecule has 0 aliphatic heterocycles. The fraction of sp³-hybridized carbons (Fsp3) is 0.136. The molecular weight excluding hydrogens is 473 g/mol. The Hall–Kier alpha value is -2.21. The highest BCUT2D eigenvalue weighted by Gasteiger charge is 2.13. The molecule has 4 nitrogen and oxygen atoms in total. The van der Waals surface area contributed by atoms with E-state index in [4.69, 9.17) is 21.3 Å². The Labute approximate surface area is 189 Å². The van der Waals surface area contributed by atoms with Gasteiger partial charge in [0.25, 0.3) is 0 Å². The monoisotopic (exact) mass is 491 g/mol. The summed E-state index contributed by atoms with van der Waals surface area (Å²) in [6, 6.07) is 21.9. The first-order chi connectivity index (χ1) is 13.6. The lowest BCUT2D eigenvalue weighted by atomic mass is 10.2. The van der Waals surface area contributed by atoms with Crippen LogP contribution in [0.3, 0.4) is 0 Å². The lowest BCUT2D eigenvalue weighted by Gasteiger charge is -2.12.